The van der Waals surface area contributed by atoms with Crippen LogP contribution in [0.3, 0.4) is 0 Å². The molecule has 19 heavy (non-hydrogen) atoms. The first kappa shape index (κ1) is 15.8. The van der Waals surface area contributed by atoms with Gasteiger partial charge in [-0.05, 0) is 57.6 Å². The van der Waals surface area contributed by atoms with Crippen LogP contribution in [0.5, 0.6) is 5.75 Å². The fourth-order valence-corrected chi connectivity index (χ4v) is 2.00. The summed E-state index contributed by atoms with van der Waals surface area (Å²) < 4.78 is 5.75. The zero-order chi connectivity index (χ0) is 14.1. The van der Waals surface area contributed by atoms with Gasteiger partial charge in [0.15, 0.2) is 0 Å². The van der Waals surface area contributed by atoms with Crippen LogP contribution in [0.15, 0.2) is 24.3 Å². The topological polar surface area (TPSA) is 24.5 Å². The van der Waals surface area contributed by atoms with Crippen molar-refractivity contribution in [2.45, 2.75) is 40.2 Å². The normalized spacial score (nSPS) is 11.1. The minimum atomic E-state index is 0.459. The second-order valence-electron chi connectivity index (χ2n) is 5.05. The van der Waals surface area contributed by atoms with E-state index < -0.39 is 0 Å². The van der Waals surface area contributed by atoms with Crippen molar-refractivity contribution in [1.82, 2.24) is 4.90 Å². The molecule has 1 N–H and O–H groups in total. The van der Waals surface area contributed by atoms with Crippen molar-refractivity contribution in [2.75, 3.05) is 31.6 Å². The molecule has 0 radical (unpaired) electrons. The molecule has 0 aliphatic heterocycles. The maximum Gasteiger partial charge on any atom is 0.119 e. The van der Waals surface area contributed by atoms with E-state index in [1.807, 2.05) is 12.1 Å². The molecular weight excluding hydrogens is 236 g/mol. The molecule has 0 fully saturated rings. The van der Waals surface area contributed by atoms with Gasteiger partial charge in [0.2, 0.25) is 0 Å². The van der Waals surface area contributed by atoms with E-state index >= 15 is 0 Å². The first-order chi connectivity index (χ1) is 9.15. The number of ether oxygens (including phenoxy) is 1. The molecule has 0 spiro atoms. The monoisotopic (exact) mass is 264 g/mol. The predicted molar refractivity (Wildman–Crippen MR) is 83.1 cm³/mol. The Bertz CT molecular complexity index is 331. The zero-order valence-electron chi connectivity index (χ0n) is 12.8. The lowest BCUT2D eigenvalue weighted by molar-refractivity contribution is 0.249. The fourth-order valence-electron chi connectivity index (χ4n) is 2.00. The van der Waals surface area contributed by atoms with Crippen molar-refractivity contribution in [3.8, 4) is 5.75 Å². The lowest BCUT2D eigenvalue weighted by Gasteiger charge is -2.17. The molecule has 3 heteroatoms. The van der Waals surface area contributed by atoms with E-state index in [2.05, 4.69) is 50.0 Å². The first-order valence-corrected chi connectivity index (χ1v) is 7.37. The maximum absolute atomic E-state index is 5.75. The van der Waals surface area contributed by atoms with Gasteiger partial charge in [0.05, 0.1) is 6.61 Å². The first-order valence-electron chi connectivity index (χ1n) is 7.37. The predicted octanol–water partition coefficient (Wildman–Crippen LogP) is 3.62. The largest absolute Gasteiger partial charge is 0.494 e. The van der Waals surface area contributed by atoms with Crippen LogP contribution in [0.1, 0.15) is 34.1 Å². The van der Waals surface area contributed by atoms with Crippen LogP contribution >= 0.6 is 0 Å². The summed E-state index contributed by atoms with van der Waals surface area (Å²) in [5, 5.41) is 3.37. The number of hydrogen-bond acceptors (Lipinski definition) is 3. The molecule has 0 saturated heterocycles. The van der Waals surface area contributed by atoms with Crippen molar-refractivity contribution < 1.29 is 4.74 Å². The Morgan fingerprint density at radius 3 is 2.26 bits per heavy atom. The van der Waals surface area contributed by atoms with E-state index in [1.165, 1.54) is 0 Å². The number of nitrogens with one attached hydrogen (secondary N) is 1. The summed E-state index contributed by atoms with van der Waals surface area (Å²) in [5.41, 5.74) is 1.14. The molecular formula is C16H28N2O. The lowest BCUT2D eigenvalue weighted by Crippen LogP contribution is -2.25. The zero-order valence-corrected chi connectivity index (χ0v) is 12.8. The van der Waals surface area contributed by atoms with Crippen LogP contribution in [0.25, 0.3) is 0 Å². The summed E-state index contributed by atoms with van der Waals surface area (Å²) in [6.07, 6.45) is 1.08. The Morgan fingerprint density at radius 1 is 1.11 bits per heavy atom. The highest BCUT2D eigenvalue weighted by Gasteiger charge is 2.00. The molecule has 0 saturated carbocycles. The third kappa shape index (κ3) is 6.48. The molecule has 0 aromatic heterocycles. The molecule has 0 unspecified atom stereocenters. The molecule has 0 bridgehead atoms. The van der Waals surface area contributed by atoms with Crippen LogP contribution in [0.4, 0.5) is 5.69 Å². The summed E-state index contributed by atoms with van der Waals surface area (Å²) in [6, 6.07) is 8.66. The summed E-state index contributed by atoms with van der Waals surface area (Å²) >= 11 is 0. The highest BCUT2D eigenvalue weighted by molar-refractivity contribution is 5.46. The van der Waals surface area contributed by atoms with Crippen LogP contribution < -0.4 is 10.1 Å². The molecule has 1 aromatic carbocycles. The molecule has 3 nitrogen and oxygen atoms in total. The SMILES string of the molecule is CCN(CC)CCCOc1ccc(NC(C)C)cc1. The van der Waals surface area contributed by atoms with E-state index in [0.717, 1.165) is 44.1 Å². The molecule has 1 rings (SSSR count). The Balaban J connectivity index is 2.26. The van der Waals surface area contributed by atoms with Gasteiger partial charge in [-0.1, -0.05) is 13.8 Å². The quantitative estimate of drug-likeness (QED) is 0.689. The van der Waals surface area contributed by atoms with Crippen molar-refractivity contribution in [3.05, 3.63) is 24.3 Å². The summed E-state index contributed by atoms with van der Waals surface area (Å²) in [4.78, 5) is 2.42. The van der Waals surface area contributed by atoms with Gasteiger partial charge in [-0.2, -0.15) is 0 Å². The third-order valence-corrected chi connectivity index (χ3v) is 3.09. The van der Waals surface area contributed by atoms with Gasteiger partial charge in [0.1, 0.15) is 5.75 Å². The van der Waals surface area contributed by atoms with Gasteiger partial charge in [0.25, 0.3) is 0 Å². The number of anilines is 1. The molecule has 108 valence electrons. The number of nitrogens with zero attached hydrogens (tertiary/aromatic N) is 1. The minimum Gasteiger partial charge on any atom is -0.494 e. The standard InChI is InChI=1S/C16H28N2O/c1-5-18(6-2)12-7-13-19-16-10-8-15(9-11-16)17-14(3)4/h8-11,14,17H,5-7,12-13H2,1-4H3. The van der Waals surface area contributed by atoms with Crippen molar-refractivity contribution in [1.29, 1.82) is 0 Å². The Labute approximate surface area is 118 Å². The fraction of sp³-hybridized carbons (Fsp3) is 0.625. The lowest BCUT2D eigenvalue weighted by atomic mass is 10.2. The Kier molecular flexibility index (Phi) is 7.34. The van der Waals surface area contributed by atoms with Crippen molar-refractivity contribution >= 4 is 5.69 Å². The van der Waals surface area contributed by atoms with Gasteiger partial charge in [-0.3, -0.25) is 0 Å². The third-order valence-electron chi connectivity index (χ3n) is 3.09. The highest BCUT2D eigenvalue weighted by Crippen LogP contribution is 2.16. The second kappa shape index (κ2) is 8.81. The number of hydrogen-bond donors (Lipinski definition) is 1. The van der Waals surface area contributed by atoms with Crippen LogP contribution in [-0.2, 0) is 0 Å². The smallest absolute Gasteiger partial charge is 0.119 e. The molecule has 0 aliphatic carbocycles. The highest BCUT2D eigenvalue weighted by atomic mass is 16.5. The van der Waals surface area contributed by atoms with Crippen LogP contribution in [0, 0.1) is 0 Å². The Morgan fingerprint density at radius 2 is 1.74 bits per heavy atom. The van der Waals surface area contributed by atoms with Gasteiger partial charge in [-0.25, -0.2) is 0 Å². The van der Waals surface area contributed by atoms with E-state index in [9.17, 15) is 0 Å². The van der Waals surface area contributed by atoms with Gasteiger partial charge >= 0.3 is 0 Å². The van der Waals surface area contributed by atoms with E-state index in [1.54, 1.807) is 0 Å². The van der Waals surface area contributed by atoms with E-state index in [-0.39, 0.29) is 0 Å². The van der Waals surface area contributed by atoms with E-state index in [0.29, 0.717) is 6.04 Å². The average molecular weight is 264 g/mol. The van der Waals surface area contributed by atoms with Gasteiger partial charge < -0.3 is 15.0 Å². The minimum absolute atomic E-state index is 0.459. The number of benzene rings is 1. The molecule has 0 amide bonds. The molecule has 0 atom stereocenters. The second-order valence-corrected chi connectivity index (χ2v) is 5.05. The van der Waals surface area contributed by atoms with Gasteiger partial charge in [0, 0.05) is 18.3 Å². The Hall–Kier alpha value is -1.22. The molecule has 1 aromatic rings. The van der Waals surface area contributed by atoms with Crippen molar-refractivity contribution in [3.63, 3.8) is 0 Å². The van der Waals surface area contributed by atoms with Crippen LogP contribution in [0.2, 0.25) is 0 Å². The van der Waals surface area contributed by atoms with E-state index in [4.69, 9.17) is 4.74 Å². The summed E-state index contributed by atoms with van der Waals surface area (Å²) in [7, 11) is 0. The summed E-state index contributed by atoms with van der Waals surface area (Å²) in [6.45, 7) is 12.8. The van der Waals surface area contributed by atoms with Crippen molar-refractivity contribution in [2.24, 2.45) is 0 Å². The average Bonchev–Trinajstić information content (AvgIpc) is 2.40. The maximum atomic E-state index is 5.75. The summed E-state index contributed by atoms with van der Waals surface area (Å²) in [5.74, 6) is 0.953. The molecule has 0 heterocycles. The number of rotatable bonds is 9. The molecule has 0 aliphatic rings. The van der Waals surface area contributed by atoms with Gasteiger partial charge in [-0.15, -0.1) is 0 Å². The van der Waals surface area contributed by atoms with Crippen LogP contribution in [-0.4, -0.2) is 37.2 Å².